The van der Waals surface area contributed by atoms with Gasteiger partial charge in [-0.05, 0) is 47.9 Å². The number of benzene rings is 2. The lowest BCUT2D eigenvalue weighted by Crippen LogP contribution is -1.87. The van der Waals surface area contributed by atoms with E-state index in [1.165, 1.54) is 0 Å². The van der Waals surface area contributed by atoms with E-state index < -0.39 is 0 Å². The molecule has 0 saturated carbocycles. The van der Waals surface area contributed by atoms with Crippen LogP contribution in [0.25, 0.3) is 10.9 Å². The van der Waals surface area contributed by atoms with Gasteiger partial charge in [-0.25, -0.2) is 4.98 Å². The third-order valence-electron chi connectivity index (χ3n) is 3.04. The number of aliphatic hydroxyl groups is 1. The summed E-state index contributed by atoms with van der Waals surface area (Å²) in [5, 5.41) is 10.1. The molecule has 0 spiro atoms. The van der Waals surface area contributed by atoms with Crippen molar-refractivity contribution >= 4 is 10.9 Å². The molecule has 0 unspecified atom stereocenters. The summed E-state index contributed by atoms with van der Waals surface area (Å²) in [6, 6.07) is 19.5. The molecule has 0 saturated heterocycles. The predicted octanol–water partition coefficient (Wildman–Crippen LogP) is 3.13. The Hall–Kier alpha value is -2.63. The average Bonchev–Trinajstić information content (AvgIpc) is 2.53. The largest absolute Gasteiger partial charge is 0.392 e. The zero-order valence-corrected chi connectivity index (χ0v) is 10.9. The van der Waals surface area contributed by atoms with Crippen LogP contribution in [-0.2, 0) is 6.61 Å². The minimum atomic E-state index is 0.0471. The number of pyridine rings is 1. The number of aromatic nitrogens is 1. The highest BCUT2D eigenvalue weighted by molar-refractivity contribution is 5.79. The highest BCUT2D eigenvalue weighted by Gasteiger charge is 1.98. The van der Waals surface area contributed by atoms with Gasteiger partial charge in [-0.15, -0.1) is 0 Å². The molecule has 1 N–H and O–H groups in total. The Balaban J connectivity index is 1.96. The van der Waals surface area contributed by atoms with Crippen LogP contribution >= 0.6 is 0 Å². The Kier molecular flexibility index (Phi) is 3.45. The normalized spacial score (nSPS) is 10.1. The summed E-state index contributed by atoms with van der Waals surface area (Å²) in [7, 11) is 0. The van der Waals surface area contributed by atoms with Gasteiger partial charge in [-0.1, -0.05) is 30.2 Å². The number of hydrogen-bond donors (Lipinski definition) is 1. The molecule has 0 fully saturated rings. The Morgan fingerprint density at radius 2 is 1.75 bits per heavy atom. The second kappa shape index (κ2) is 5.56. The van der Waals surface area contributed by atoms with Crippen molar-refractivity contribution in [2.45, 2.75) is 6.61 Å². The average molecular weight is 259 g/mol. The monoisotopic (exact) mass is 259 g/mol. The molecule has 0 aliphatic rings. The maximum Gasteiger partial charge on any atom is 0.114 e. The van der Waals surface area contributed by atoms with Crippen molar-refractivity contribution in [3.05, 3.63) is 77.5 Å². The van der Waals surface area contributed by atoms with Gasteiger partial charge < -0.3 is 5.11 Å². The molecule has 0 atom stereocenters. The van der Waals surface area contributed by atoms with Crippen molar-refractivity contribution in [1.29, 1.82) is 0 Å². The Bertz CT molecular complexity index is 798. The van der Waals surface area contributed by atoms with Crippen LogP contribution in [-0.4, -0.2) is 10.1 Å². The molecular weight excluding hydrogens is 246 g/mol. The quantitative estimate of drug-likeness (QED) is 0.681. The van der Waals surface area contributed by atoms with Gasteiger partial charge in [0.2, 0.25) is 0 Å². The summed E-state index contributed by atoms with van der Waals surface area (Å²) in [5.74, 6) is 6.17. The first-order valence-electron chi connectivity index (χ1n) is 6.43. The first-order valence-corrected chi connectivity index (χ1v) is 6.43. The van der Waals surface area contributed by atoms with Gasteiger partial charge in [-0.2, -0.15) is 0 Å². The van der Waals surface area contributed by atoms with Crippen LogP contribution in [0.3, 0.4) is 0 Å². The molecule has 1 aromatic heterocycles. The first kappa shape index (κ1) is 12.4. The van der Waals surface area contributed by atoms with Gasteiger partial charge in [0.05, 0.1) is 12.1 Å². The fourth-order valence-electron chi connectivity index (χ4n) is 2.00. The summed E-state index contributed by atoms with van der Waals surface area (Å²) in [5.41, 5.74) is 3.51. The third kappa shape index (κ3) is 2.69. The van der Waals surface area contributed by atoms with Crippen molar-refractivity contribution in [1.82, 2.24) is 4.98 Å². The molecule has 0 bridgehead atoms. The van der Waals surface area contributed by atoms with E-state index >= 15 is 0 Å². The van der Waals surface area contributed by atoms with Gasteiger partial charge in [-0.3, -0.25) is 0 Å². The molecular formula is C18H13NO. The van der Waals surface area contributed by atoms with Gasteiger partial charge >= 0.3 is 0 Å². The minimum absolute atomic E-state index is 0.0471. The molecule has 3 aromatic rings. The second-order valence-corrected chi connectivity index (χ2v) is 4.50. The topological polar surface area (TPSA) is 33.1 Å². The number of fused-ring (bicyclic) bond motifs is 1. The van der Waals surface area contributed by atoms with E-state index in [4.69, 9.17) is 5.11 Å². The van der Waals surface area contributed by atoms with Crippen molar-refractivity contribution in [2.24, 2.45) is 0 Å². The minimum Gasteiger partial charge on any atom is -0.392 e. The molecule has 1 heterocycles. The molecule has 2 heteroatoms. The van der Waals surface area contributed by atoms with Gasteiger partial charge in [0.25, 0.3) is 0 Å². The van der Waals surface area contributed by atoms with Gasteiger partial charge in [0.1, 0.15) is 5.69 Å². The lowest BCUT2D eigenvalue weighted by molar-refractivity contribution is 0.282. The first-order chi connectivity index (χ1) is 9.85. The predicted molar refractivity (Wildman–Crippen MR) is 80.1 cm³/mol. The lowest BCUT2D eigenvalue weighted by atomic mass is 10.1. The highest BCUT2D eigenvalue weighted by atomic mass is 16.3. The summed E-state index contributed by atoms with van der Waals surface area (Å²) < 4.78 is 0. The standard InChI is InChI=1S/C18H13NO/c20-13-15-7-11-18-16(12-15)8-10-17(19-18)9-6-14-4-2-1-3-5-14/h1-5,7-8,10-12,20H,13H2. The lowest BCUT2D eigenvalue weighted by Gasteiger charge is -2.00. The van der Waals surface area contributed by atoms with Crippen molar-refractivity contribution in [2.75, 3.05) is 0 Å². The molecule has 0 aliphatic carbocycles. The molecule has 96 valence electrons. The van der Waals surface area contributed by atoms with Crippen LogP contribution in [0, 0.1) is 11.8 Å². The molecule has 2 aromatic carbocycles. The fourth-order valence-corrected chi connectivity index (χ4v) is 2.00. The second-order valence-electron chi connectivity index (χ2n) is 4.50. The fraction of sp³-hybridized carbons (Fsp3) is 0.0556. The van der Waals surface area contributed by atoms with E-state index in [0.29, 0.717) is 0 Å². The van der Waals surface area contributed by atoms with E-state index in [1.54, 1.807) is 0 Å². The van der Waals surface area contributed by atoms with Crippen LogP contribution < -0.4 is 0 Å². The maximum atomic E-state index is 9.12. The smallest absolute Gasteiger partial charge is 0.114 e. The van der Waals surface area contributed by atoms with E-state index in [2.05, 4.69) is 16.8 Å². The summed E-state index contributed by atoms with van der Waals surface area (Å²) in [6.07, 6.45) is 0. The van der Waals surface area contributed by atoms with Crippen LogP contribution in [0.5, 0.6) is 0 Å². The molecule has 0 radical (unpaired) electrons. The SMILES string of the molecule is OCc1ccc2nc(C#Cc3ccccc3)ccc2c1. The zero-order chi connectivity index (χ0) is 13.8. The van der Waals surface area contributed by atoms with Crippen LogP contribution in [0.4, 0.5) is 0 Å². The number of hydrogen-bond acceptors (Lipinski definition) is 2. The van der Waals surface area contributed by atoms with Crippen LogP contribution in [0.2, 0.25) is 0 Å². The Morgan fingerprint density at radius 3 is 2.55 bits per heavy atom. The van der Waals surface area contributed by atoms with Crippen molar-refractivity contribution in [3.63, 3.8) is 0 Å². The molecule has 20 heavy (non-hydrogen) atoms. The Labute approximate surface area is 117 Å². The van der Waals surface area contributed by atoms with Crippen molar-refractivity contribution < 1.29 is 5.11 Å². The van der Waals surface area contributed by atoms with Gasteiger partial charge in [0.15, 0.2) is 0 Å². The van der Waals surface area contributed by atoms with E-state index in [0.717, 1.165) is 27.7 Å². The van der Waals surface area contributed by atoms with Crippen LogP contribution in [0.15, 0.2) is 60.7 Å². The Morgan fingerprint density at radius 1 is 0.900 bits per heavy atom. The third-order valence-corrected chi connectivity index (χ3v) is 3.04. The van der Waals surface area contributed by atoms with E-state index in [-0.39, 0.29) is 6.61 Å². The highest BCUT2D eigenvalue weighted by Crippen LogP contribution is 2.14. The molecule has 3 rings (SSSR count). The van der Waals surface area contributed by atoms with E-state index in [9.17, 15) is 0 Å². The summed E-state index contributed by atoms with van der Waals surface area (Å²) in [4.78, 5) is 4.51. The maximum absolute atomic E-state index is 9.12. The molecule has 2 nitrogen and oxygen atoms in total. The number of nitrogens with zero attached hydrogens (tertiary/aromatic N) is 1. The number of rotatable bonds is 1. The zero-order valence-electron chi connectivity index (χ0n) is 10.9. The summed E-state index contributed by atoms with van der Waals surface area (Å²) >= 11 is 0. The number of aliphatic hydroxyl groups excluding tert-OH is 1. The van der Waals surface area contributed by atoms with Crippen LogP contribution in [0.1, 0.15) is 16.8 Å². The van der Waals surface area contributed by atoms with E-state index in [1.807, 2.05) is 60.7 Å². The van der Waals surface area contributed by atoms with Crippen molar-refractivity contribution in [3.8, 4) is 11.8 Å². The molecule has 0 amide bonds. The summed E-state index contributed by atoms with van der Waals surface area (Å²) in [6.45, 7) is 0.0471. The van der Waals surface area contributed by atoms with Gasteiger partial charge in [0, 0.05) is 10.9 Å². The molecule has 0 aliphatic heterocycles.